The molecule has 0 saturated carbocycles. The average Bonchev–Trinajstić information content (AvgIpc) is 2.31. The maximum absolute atomic E-state index is 10.8. The first kappa shape index (κ1) is 14.3. The highest BCUT2D eigenvalue weighted by atomic mass is 35.5. The zero-order valence-corrected chi connectivity index (χ0v) is 11.2. The van der Waals surface area contributed by atoms with Gasteiger partial charge >= 0.3 is 5.97 Å². The van der Waals surface area contributed by atoms with Crippen molar-refractivity contribution in [3.63, 3.8) is 0 Å². The summed E-state index contributed by atoms with van der Waals surface area (Å²) in [6.45, 7) is 3.62. The van der Waals surface area contributed by atoms with Crippen LogP contribution in [0.4, 0.5) is 5.82 Å². The third kappa shape index (κ3) is 2.90. The summed E-state index contributed by atoms with van der Waals surface area (Å²) < 4.78 is 0. The van der Waals surface area contributed by atoms with Crippen LogP contribution in [0.3, 0.4) is 0 Å². The van der Waals surface area contributed by atoms with Gasteiger partial charge in [-0.25, -0.2) is 4.98 Å². The van der Waals surface area contributed by atoms with E-state index < -0.39 is 11.9 Å². The van der Waals surface area contributed by atoms with Gasteiger partial charge in [-0.2, -0.15) is 5.26 Å². The number of carbonyl (C=O) groups is 1. The van der Waals surface area contributed by atoms with Crippen molar-refractivity contribution in [2.75, 3.05) is 18.5 Å². The molecule has 0 aromatic carbocycles. The predicted molar refractivity (Wildman–Crippen MR) is 68.8 cm³/mol. The van der Waals surface area contributed by atoms with Gasteiger partial charge in [-0.05, 0) is 12.5 Å². The zero-order chi connectivity index (χ0) is 13.9. The number of hydrogen-bond donors (Lipinski definition) is 1. The molecular formula is C12H14ClN3O2. The van der Waals surface area contributed by atoms with Gasteiger partial charge in [0.2, 0.25) is 0 Å². The number of aromatic nitrogens is 1. The van der Waals surface area contributed by atoms with Crippen molar-refractivity contribution in [3.05, 3.63) is 22.3 Å². The largest absolute Gasteiger partial charge is 0.481 e. The highest BCUT2D eigenvalue weighted by molar-refractivity contribution is 6.31. The molecule has 18 heavy (non-hydrogen) atoms. The maximum Gasteiger partial charge on any atom is 0.308 e. The lowest BCUT2D eigenvalue weighted by molar-refractivity contribution is -0.140. The minimum Gasteiger partial charge on any atom is -0.481 e. The first-order valence-corrected chi connectivity index (χ1v) is 5.75. The molecule has 0 aliphatic heterocycles. The van der Waals surface area contributed by atoms with E-state index in [1.54, 1.807) is 25.8 Å². The van der Waals surface area contributed by atoms with Gasteiger partial charge < -0.3 is 10.0 Å². The summed E-state index contributed by atoms with van der Waals surface area (Å²) in [5, 5.41) is 18.4. The van der Waals surface area contributed by atoms with E-state index in [0.29, 0.717) is 22.0 Å². The van der Waals surface area contributed by atoms with Crippen LogP contribution in [0.2, 0.25) is 5.02 Å². The van der Waals surface area contributed by atoms with E-state index in [4.69, 9.17) is 22.0 Å². The monoisotopic (exact) mass is 267 g/mol. The van der Waals surface area contributed by atoms with Gasteiger partial charge in [0.05, 0.1) is 16.5 Å². The SMILES string of the molecule is Cc1c(Cl)cnc(N(C)CC(C)C(=O)O)c1C#N. The van der Waals surface area contributed by atoms with Gasteiger partial charge in [-0.15, -0.1) is 0 Å². The molecule has 5 nitrogen and oxygen atoms in total. The number of carboxylic acids is 1. The topological polar surface area (TPSA) is 77.2 Å². The normalized spacial score (nSPS) is 11.7. The number of nitrogens with zero attached hydrogens (tertiary/aromatic N) is 3. The molecule has 0 aliphatic rings. The van der Waals surface area contributed by atoms with Crippen LogP contribution < -0.4 is 4.90 Å². The van der Waals surface area contributed by atoms with Gasteiger partial charge in [0.15, 0.2) is 0 Å². The van der Waals surface area contributed by atoms with Crippen LogP contribution in [0, 0.1) is 24.2 Å². The number of hydrogen-bond acceptors (Lipinski definition) is 4. The Bertz CT molecular complexity index is 511. The van der Waals surface area contributed by atoms with Crippen molar-refractivity contribution >= 4 is 23.4 Å². The molecule has 6 heteroatoms. The van der Waals surface area contributed by atoms with Crippen molar-refractivity contribution < 1.29 is 9.90 Å². The van der Waals surface area contributed by atoms with Crippen LogP contribution in [0.1, 0.15) is 18.1 Å². The molecular weight excluding hydrogens is 254 g/mol. The summed E-state index contributed by atoms with van der Waals surface area (Å²) in [6.07, 6.45) is 1.47. The summed E-state index contributed by atoms with van der Waals surface area (Å²) in [7, 11) is 1.70. The molecule has 0 saturated heterocycles. The molecule has 0 amide bonds. The Kier molecular flexibility index (Phi) is 4.51. The van der Waals surface area contributed by atoms with Crippen LogP contribution in [-0.4, -0.2) is 29.7 Å². The molecule has 1 heterocycles. The Morgan fingerprint density at radius 3 is 2.83 bits per heavy atom. The number of anilines is 1. The second kappa shape index (κ2) is 5.69. The molecule has 1 aromatic rings. The molecule has 0 fully saturated rings. The quantitative estimate of drug-likeness (QED) is 0.904. The van der Waals surface area contributed by atoms with E-state index >= 15 is 0 Å². The molecule has 96 valence electrons. The molecule has 0 radical (unpaired) electrons. The molecule has 0 aliphatic carbocycles. The van der Waals surface area contributed by atoms with E-state index in [1.165, 1.54) is 6.20 Å². The number of rotatable bonds is 4. The summed E-state index contributed by atoms with van der Waals surface area (Å²) >= 11 is 5.90. The number of aliphatic carboxylic acids is 1. The van der Waals surface area contributed by atoms with Crippen molar-refractivity contribution in [2.45, 2.75) is 13.8 Å². The Balaban J connectivity index is 3.07. The van der Waals surface area contributed by atoms with Crippen molar-refractivity contribution in [1.29, 1.82) is 5.26 Å². The molecule has 1 unspecified atom stereocenters. The lowest BCUT2D eigenvalue weighted by Crippen LogP contribution is -2.29. The second-order valence-electron chi connectivity index (χ2n) is 4.16. The Morgan fingerprint density at radius 1 is 1.72 bits per heavy atom. The second-order valence-corrected chi connectivity index (χ2v) is 4.57. The fourth-order valence-electron chi connectivity index (χ4n) is 1.56. The zero-order valence-electron chi connectivity index (χ0n) is 10.4. The maximum atomic E-state index is 10.8. The van der Waals surface area contributed by atoms with Gasteiger partial charge in [0.1, 0.15) is 11.9 Å². The molecule has 1 aromatic heterocycles. The predicted octanol–water partition coefficient (Wildman–Crippen LogP) is 2.07. The van der Waals surface area contributed by atoms with Crippen LogP contribution in [0.25, 0.3) is 0 Å². The van der Waals surface area contributed by atoms with E-state index in [-0.39, 0.29) is 6.54 Å². The van der Waals surface area contributed by atoms with Gasteiger partial charge in [0, 0.05) is 19.8 Å². The third-order valence-corrected chi connectivity index (χ3v) is 3.08. The standard InChI is InChI=1S/C12H14ClN3O2/c1-7(12(17)18)6-16(3)11-9(4-14)8(2)10(13)5-15-11/h5,7H,6H2,1-3H3,(H,17,18). The van der Waals surface area contributed by atoms with E-state index in [1.807, 2.05) is 0 Å². The van der Waals surface area contributed by atoms with Crippen LogP contribution in [-0.2, 0) is 4.79 Å². The number of nitriles is 1. The highest BCUT2D eigenvalue weighted by Crippen LogP contribution is 2.25. The smallest absolute Gasteiger partial charge is 0.308 e. The minimum atomic E-state index is -0.883. The molecule has 0 spiro atoms. The fraction of sp³-hybridized carbons (Fsp3) is 0.417. The van der Waals surface area contributed by atoms with Crippen molar-refractivity contribution in [2.24, 2.45) is 5.92 Å². The number of halogens is 1. The summed E-state index contributed by atoms with van der Waals surface area (Å²) in [6, 6.07) is 2.05. The Morgan fingerprint density at radius 2 is 2.33 bits per heavy atom. The Hall–Kier alpha value is -1.80. The number of pyridine rings is 1. The van der Waals surface area contributed by atoms with Gasteiger partial charge in [-0.3, -0.25) is 4.79 Å². The Labute approximate surface area is 111 Å². The van der Waals surface area contributed by atoms with Crippen LogP contribution in [0.15, 0.2) is 6.20 Å². The van der Waals surface area contributed by atoms with E-state index in [2.05, 4.69) is 11.1 Å². The lowest BCUT2D eigenvalue weighted by Gasteiger charge is -2.22. The van der Waals surface area contributed by atoms with Gasteiger partial charge in [0.25, 0.3) is 0 Å². The fourth-order valence-corrected chi connectivity index (χ4v) is 1.71. The summed E-state index contributed by atoms with van der Waals surface area (Å²) in [5.74, 6) is -0.974. The number of carboxylic acid groups (broad SMARTS) is 1. The van der Waals surface area contributed by atoms with E-state index in [9.17, 15) is 4.79 Å². The lowest BCUT2D eigenvalue weighted by atomic mass is 10.1. The molecule has 0 bridgehead atoms. The molecule has 1 rings (SSSR count). The third-order valence-electron chi connectivity index (χ3n) is 2.70. The van der Waals surface area contributed by atoms with Crippen molar-refractivity contribution in [1.82, 2.24) is 4.98 Å². The molecule has 1 atom stereocenters. The average molecular weight is 268 g/mol. The first-order chi connectivity index (χ1) is 8.38. The molecule has 1 N–H and O–H groups in total. The highest BCUT2D eigenvalue weighted by Gasteiger charge is 2.18. The van der Waals surface area contributed by atoms with Gasteiger partial charge in [-0.1, -0.05) is 18.5 Å². The van der Waals surface area contributed by atoms with Crippen LogP contribution >= 0.6 is 11.6 Å². The van der Waals surface area contributed by atoms with Crippen molar-refractivity contribution in [3.8, 4) is 6.07 Å². The summed E-state index contributed by atoms with van der Waals surface area (Å²) in [4.78, 5) is 16.6. The first-order valence-electron chi connectivity index (χ1n) is 5.37. The summed E-state index contributed by atoms with van der Waals surface area (Å²) in [5.41, 5.74) is 1.03. The minimum absolute atomic E-state index is 0.276. The van der Waals surface area contributed by atoms with E-state index in [0.717, 1.165) is 0 Å². The van der Waals surface area contributed by atoms with Crippen LogP contribution in [0.5, 0.6) is 0 Å².